The molecule has 110 valence electrons. The molecule has 2 atom stereocenters. The van der Waals surface area contributed by atoms with Gasteiger partial charge in [0.25, 0.3) is 5.91 Å². The summed E-state index contributed by atoms with van der Waals surface area (Å²) in [7, 11) is 0. The van der Waals surface area contributed by atoms with Crippen molar-refractivity contribution in [3.63, 3.8) is 0 Å². The highest BCUT2D eigenvalue weighted by Gasteiger charge is 2.29. The summed E-state index contributed by atoms with van der Waals surface area (Å²) in [6.07, 6.45) is 1.10. The molecule has 0 aromatic heterocycles. The number of rotatable bonds is 4. The molecule has 0 spiro atoms. The number of anilines is 1. The highest BCUT2D eigenvalue weighted by atomic mass is 16.2. The fourth-order valence-corrected chi connectivity index (χ4v) is 2.73. The first-order valence-electron chi connectivity index (χ1n) is 7.66. The van der Waals surface area contributed by atoms with E-state index >= 15 is 0 Å². The van der Waals surface area contributed by atoms with Crippen LogP contribution in [0.1, 0.15) is 43.1 Å². The summed E-state index contributed by atoms with van der Waals surface area (Å²) in [5, 5.41) is 3.39. The molecule has 3 heteroatoms. The van der Waals surface area contributed by atoms with Crippen molar-refractivity contribution >= 4 is 11.6 Å². The molecule has 0 saturated carbocycles. The van der Waals surface area contributed by atoms with Gasteiger partial charge in [-0.3, -0.25) is 4.79 Å². The SMILES string of the molecule is CCCNc1ccc(C(=O)N2CC(C)C(C)C2)cc1C. The normalized spacial score (nSPS) is 22.1. The Morgan fingerprint density at radius 3 is 2.50 bits per heavy atom. The molecule has 1 saturated heterocycles. The number of carbonyl (C=O) groups is 1. The van der Waals surface area contributed by atoms with E-state index in [0.717, 1.165) is 42.9 Å². The van der Waals surface area contributed by atoms with Crippen LogP contribution >= 0.6 is 0 Å². The summed E-state index contributed by atoms with van der Waals surface area (Å²) in [5.74, 6) is 1.38. The van der Waals surface area contributed by atoms with Crippen LogP contribution in [0.15, 0.2) is 18.2 Å². The lowest BCUT2D eigenvalue weighted by molar-refractivity contribution is 0.0785. The maximum absolute atomic E-state index is 12.5. The summed E-state index contributed by atoms with van der Waals surface area (Å²) in [4.78, 5) is 14.5. The number of hydrogen-bond donors (Lipinski definition) is 1. The van der Waals surface area contributed by atoms with E-state index in [1.54, 1.807) is 0 Å². The number of aryl methyl sites for hydroxylation is 1. The smallest absolute Gasteiger partial charge is 0.253 e. The quantitative estimate of drug-likeness (QED) is 0.910. The zero-order valence-electron chi connectivity index (χ0n) is 13.1. The summed E-state index contributed by atoms with van der Waals surface area (Å²) in [6, 6.07) is 5.98. The Bertz CT molecular complexity index is 474. The minimum atomic E-state index is 0.173. The third-order valence-electron chi connectivity index (χ3n) is 4.31. The predicted octanol–water partition coefficient (Wildman–Crippen LogP) is 3.54. The average Bonchev–Trinajstić information content (AvgIpc) is 2.76. The number of carbonyl (C=O) groups excluding carboxylic acids is 1. The number of hydrogen-bond acceptors (Lipinski definition) is 2. The molecule has 1 aromatic rings. The molecule has 2 rings (SSSR count). The first-order chi connectivity index (χ1) is 9.52. The Morgan fingerprint density at radius 2 is 1.95 bits per heavy atom. The summed E-state index contributed by atoms with van der Waals surface area (Å²) in [6.45, 7) is 11.4. The van der Waals surface area contributed by atoms with Crippen molar-refractivity contribution in [3.8, 4) is 0 Å². The molecule has 1 aliphatic rings. The monoisotopic (exact) mass is 274 g/mol. The van der Waals surface area contributed by atoms with Crippen molar-refractivity contribution in [1.82, 2.24) is 4.90 Å². The van der Waals surface area contributed by atoms with Crippen molar-refractivity contribution in [1.29, 1.82) is 0 Å². The van der Waals surface area contributed by atoms with E-state index < -0.39 is 0 Å². The zero-order chi connectivity index (χ0) is 14.7. The molecule has 0 bridgehead atoms. The van der Waals surface area contributed by atoms with E-state index in [-0.39, 0.29) is 5.91 Å². The molecule has 2 unspecified atom stereocenters. The molecule has 1 amide bonds. The van der Waals surface area contributed by atoms with Crippen molar-refractivity contribution in [2.75, 3.05) is 25.0 Å². The Hall–Kier alpha value is -1.51. The minimum Gasteiger partial charge on any atom is -0.385 e. The first kappa shape index (κ1) is 14.9. The molecule has 1 heterocycles. The Kier molecular flexibility index (Phi) is 4.69. The number of amides is 1. The van der Waals surface area contributed by atoms with Gasteiger partial charge in [-0.1, -0.05) is 20.8 Å². The second kappa shape index (κ2) is 6.29. The number of benzene rings is 1. The van der Waals surface area contributed by atoms with Gasteiger partial charge in [0.15, 0.2) is 0 Å². The van der Waals surface area contributed by atoms with Crippen LogP contribution in [0, 0.1) is 18.8 Å². The van der Waals surface area contributed by atoms with Crippen LogP contribution in [-0.4, -0.2) is 30.4 Å². The lowest BCUT2D eigenvalue weighted by Crippen LogP contribution is -2.28. The zero-order valence-corrected chi connectivity index (χ0v) is 13.1. The van der Waals surface area contributed by atoms with E-state index in [1.165, 1.54) is 0 Å². The van der Waals surface area contributed by atoms with Crippen molar-refractivity contribution in [2.24, 2.45) is 11.8 Å². The number of nitrogens with one attached hydrogen (secondary N) is 1. The number of likely N-dealkylation sites (tertiary alicyclic amines) is 1. The van der Waals surface area contributed by atoms with Crippen LogP contribution in [0.3, 0.4) is 0 Å². The van der Waals surface area contributed by atoms with Gasteiger partial charge < -0.3 is 10.2 Å². The maximum Gasteiger partial charge on any atom is 0.253 e. The molecule has 1 aromatic carbocycles. The lowest BCUT2D eigenvalue weighted by Gasteiger charge is -2.17. The molecular formula is C17H26N2O. The largest absolute Gasteiger partial charge is 0.385 e. The van der Waals surface area contributed by atoms with Crippen molar-refractivity contribution < 1.29 is 4.79 Å². The highest BCUT2D eigenvalue weighted by Crippen LogP contribution is 2.25. The van der Waals surface area contributed by atoms with Gasteiger partial charge in [-0.2, -0.15) is 0 Å². The Morgan fingerprint density at radius 1 is 1.30 bits per heavy atom. The van der Waals surface area contributed by atoms with E-state index in [9.17, 15) is 4.79 Å². The fraction of sp³-hybridized carbons (Fsp3) is 0.588. The molecule has 1 N–H and O–H groups in total. The van der Waals surface area contributed by atoms with E-state index in [1.807, 2.05) is 23.1 Å². The molecule has 3 nitrogen and oxygen atoms in total. The molecule has 1 aliphatic heterocycles. The standard InChI is InChI=1S/C17H26N2O/c1-5-8-18-16-7-6-15(9-12(16)2)17(20)19-10-13(3)14(4)11-19/h6-7,9,13-14,18H,5,8,10-11H2,1-4H3. The van der Waals surface area contributed by atoms with Gasteiger partial charge in [0.1, 0.15) is 0 Å². The summed E-state index contributed by atoms with van der Waals surface area (Å²) < 4.78 is 0. The first-order valence-corrected chi connectivity index (χ1v) is 7.66. The molecule has 0 aliphatic carbocycles. The van der Waals surface area contributed by atoms with Gasteiger partial charge in [0.2, 0.25) is 0 Å². The predicted molar refractivity (Wildman–Crippen MR) is 84.2 cm³/mol. The molecule has 0 radical (unpaired) electrons. The minimum absolute atomic E-state index is 0.173. The van der Waals surface area contributed by atoms with Gasteiger partial charge in [-0.15, -0.1) is 0 Å². The second-order valence-corrected chi connectivity index (χ2v) is 6.12. The van der Waals surface area contributed by atoms with E-state index in [0.29, 0.717) is 11.8 Å². The number of nitrogens with zero attached hydrogens (tertiary/aromatic N) is 1. The molecule has 1 fully saturated rings. The third kappa shape index (κ3) is 3.14. The van der Waals surface area contributed by atoms with Gasteiger partial charge in [-0.05, 0) is 48.9 Å². The van der Waals surface area contributed by atoms with Gasteiger partial charge in [0, 0.05) is 30.9 Å². The topological polar surface area (TPSA) is 32.3 Å². The maximum atomic E-state index is 12.5. The fourth-order valence-electron chi connectivity index (χ4n) is 2.73. The van der Waals surface area contributed by atoms with Crippen LogP contribution in [0.4, 0.5) is 5.69 Å². The summed E-state index contributed by atoms with van der Waals surface area (Å²) in [5.41, 5.74) is 3.09. The summed E-state index contributed by atoms with van der Waals surface area (Å²) >= 11 is 0. The van der Waals surface area contributed by atoms with Crippen LogP contribution in [-0.2, 0) is 0 Å². The molecular weight excluding hydrogens is 248 g/mol. The van der Waals surface area contributed by atoms with Crippen LogP contribution < -0.4 is 5.32 Å². The van der Waals surface area contributed by atoms with Crippen molar-refractivity contribution in [3.05, 3.63) is 29.3 Å². The highest BCUT2D eigenvalue weighted by molar-refractivity contribution is 5.95. The van der Waals surface area contributed by atoms with E-state index in [2.05, 4.69) is 33.0 Å². The van der Waals surface area contributed by atoms with Crippen LogP contribution in [0.5, 0.6) is 0 Å². The average molecular weight is 274 g/mol. The molecule has 20 heavy (non-hydrogen) atoms. The van der Waals surface area contributed by atoms with Crippen LogP contribution in [0.25, 0.3) is 0 Å². The van der Waals surface area contributed by atoms with Gasteiger partial charge in [-0.25, -0.2) is 0 Å². The van der Waals surface area contributed by atoms with Crippen molar-refractivity contribution in [2.45, 2.75) is 34.1 Å². The Balaban J connectivity index is 2.09. The van der Waals surface area contributed by atoms with Crippen LogP contribution in [0.2, 0.25) is 0 Å². The van der Waals surface area contributed by atoms with Gasteiger partial charge >= 0.3 is 0 Å². The lowest BCUT2D eigenvalue weighted by atomic mass is 10.0. The third-order valence-corrected chi connectivity index (χ3v) is 4.31. The van der Waals surface area contributed by atoms with Gasteiger partial charge in [0.05, 0.1) is 0 Å². The Labute approximate surface area is 122 Å². The second-order valence-electron chi connectivity index (χ2n) is 6.12. The van der Waals surface area contributed by atoms with E-state index in [4.69, 9.17) is 0 Å².